The van der Waals surface area contributed by atoms with E-state index in [1.807, 2.05) is 0 Å². The van der Waals surface area contributed by atoms with Crippen LogP contribution >= 0.6 is 50.5 Å². The number of rotatable bonds is 27. The van der Waals surface area contributed by atoms with E-state index in [0.717, 1.165) is 17.3 Å². The van der Waals surface area contributed by atoms with Crippen LogP contribution in [0.2, 0.25) is 0 Å². The fourth-order valence-corrected chi connectivity index (χ4v) is 4.76. The number of carboxylic acids is 1. The highest BCUT2D eigenvalue weighted by Gasteiger charge is 1.92. The van der Waals surface area contributed by atoms with Gasteiger partial charge in [-0.2, -0.15) is 50.5 Å². The van der Waals surface area contributed by atoms with Crippen LogP contribution in [0.15, 0.2) is 0 Å². The summed E-state index contributed by atoms with van der Waals surface area (Å²) < 4.78 is 0. The molecule has 0 radical (unpaired) electrons. The Labute approximate surface area is 275 Å². The maximum Gasteiger partial charge on any atom is 0.313 e. The Bertz CT molecular complexity index is 350. The number of hydrogen-bond donors (Lipinski definition) is 5. The summed E-state index contributed by atoms with van der Waals surface area (Å²) in [6, 6.07) is 0. The fourth-order valence-electron chi connectivity index (χ4n) is 4.09. The van der Waals surface area contributed by atoms with E-state index in [9.17, 15) is 4.79 Å². The van der Waals surface area contributed by atoms with Crippen LogP contribution < -0.4 is 0 Å². The molecule has 0 bridgehead atoms. The molecule has 0 saturated heterocycles. The quantitative estimate of drug-likeness (QED) is 0.0457. The van der Waals surface area contributed by atoms with Crippen LogP contribution in [-0.4, -0.2) is 34.1 Å². The lowest BCUT2D eigenvalue weighted by Gasteiger charge is -2.00. The van der Waals surface area contributed by atoms with Crippen LogP contribution in [-0.2, 0) is 4.79 Å². The molecule has 0 amide bonds. The Morgan fingerprint density at radius 2 is 0.525 bits per heavy atom. The first kappa shape index (κ1) is 47.8. The molecule has 2 nitrogen and oxygen atoms in total. The topological polar surface area (TPSA) is 37.3 Å². The molecule has 0 fully saturated rings. The van der Waals surface area contributed by atoms with Crippen LogP contribution in [0.3, 0.4) is 0 Å². The molecule has 0 atom stereocenters. The molecule has 0 heterocycles. The van der Waals surface area contributed by atoms with E-state index < -0.39 is 5.97 Å². The highest BCUT2D eigenvalue weighted by Crippen LogP contribution is 2.11. The van der Waals surface area contributed by atoms with Gasteiger partial charge in [0.05, 0.1) is 5.75 Å². The van der Waals surface area contributed by atoms with Gasteiger partial charge in [-0.1, -0.05) is 168 Å². The number of carboxylic acid groups (broad SMARTS) is 1. The van der Waals surface area contributed by atoms with Crippen molar-refractivity contribution in [1.82, 2.24) is 0 Å². The zero-order valence-electron chi connectivity index (χ0n) is 27.4. The summed E-state index contributed by atoms with van der Waals surface area (Å²) in [5.74, 6) is 2.23. The second kappa shape index (κ2) is 52.5. The zero-order chi connectivity index (χ0) is 30.8. The molecule has 0 unspecified atom stereocenters. The van der Waals surface area contributed by atoms with Gasteiger partial charge in [-0.05, 0) is 36.5 Å². The van der Waals surface area contributed by atoms with Gasteiger partial charge in [-0.25, -0.2) is 0 Å². The van der Waals surface area contributed by atoms with Crippen molar-refractivity contribution in [3.05, 3.63) is 0 Å². The maximum atomic E-state index is 9.29. The average molecular weight is 643 g/mol. The summed E-state index contributed by atoms with van der Waals surface area (Å²) in [5.41, 5.74) is 0. The van der Waals surface area contributed by atoms with E-state index in [1.54, 1.807) is 0 Å². The molecule has 0 aliphatic heterocycles. The van der Waals surface area contributed by atoms with Gasteiger partial charge >= 0.3 is 5.97 Å². The molecule has 40 heavy (non-hydrogen) atoms. The number of thiol groups is 4. The van der Waals surface area contributed by atoms with Gasteiger partial charge in [0.1, 0.15) is 0 Å². The summed E-state index contributed by atoms with van der Waals surface area (Å²) in [7, 11) is 0. The number of aliphatic carboxylic acids is 1. The molecule has 0 aliphatic carbocycles. The summed E-state index contributed by atoms with van der Waals surface area (Å²) in [6.45, 7) is 6.80. The lowest BCUT2D eigenvalue weighted by atomic mass is 10.1. The second-order valence-corrected chi connectivity index (χ2v) is 12.5. The van der Waals surface area contributed by atoms with Gasteiger partial charge in [-0.3, -0.25) is 4.79 Å². The van der Waals surface area contributed by atoms with Crippen LogP contribution in [0.1, 0.15) is 188 Å². The van der Waals surface area contributed by atoms with E-state index >= 15 is 0 Å². The number of hydrogen-bond acceptors (Lipinski definition) is 5. The fraction of sp³-hybridized carbons (Fsp3) is 0.971. The Hall–Kier alpha value is 0.870. The van der Waals surface area contributed by atoms with Gasteiger partial charge in [0, 0.05) is 0 Å². The lowest BCUT2D eigenvalue weighted by molar-refractivity contribution is -0.133. The Morgan fingerprint density at radius 3 is 0.650 bits per heavy atom. The van der Waals surface area contributed by atoms with Crippen molar-refractivity contribution in [3.8, 4) is 0 Å². The molecular formula is C34H74O2S4. The minimum Gasteiger partial charge on any atom is -0.481 e. The first-order valence-electron chi connectivity index (χ1n) is 17.2. The first-order valence-corrected chi connectivity index (χ1v) is 19.7. The molecule has 0 rings (SSSR count). The molecule has 0 aromatic carbocycles. The summed E-state index contributed by atoms with van der Waals surface area (Å²) in [5, 5.41) is 7.65. The highest BCUT2D eigenvalue weighted by molar-refractivity contribution is 7.81. The van der Waals surface area contributed by atoms with Gasteiger partial charge in [0.25, 0.3) is 0 Å². The van der Waals surface area contributed by atoms with Gasteiger partial charge in [0.15, 0.2) is 0 Å². The van der Waals surface area contributed by atoms with Crippen LogP contribution in [0.25, 0.3) is 0 Å². The van der Waals surface area contributed by atoms with Crippen molar-refractivity contribution >= 4 is 56.5 Å². The normalized spacial score (nSPS) is 10.1. The Morgan fingerprint density at radius 1 is 0.375 bits per heavy atom. The number of unbranched alkanes of at least 4 members (excludes halogenated alkanes) is 23. The van der Waals surface area contributed by atoms with E-state index in [-0.39, 0.29) is 5.75 Å². The van der Waals surface area contributed by atoms with Gasteiger partial charge < -0.3 is 5.11 Å². The molecule has 6 heteroatoms. The van der Waals surface area contributed by atoms with Crippen LogP contribution in [0, 0.1) is 0 Å². The maximum absolute atomic E-state index is 9.29. The minimum absolute atomic E-state index is 0.0833. The molecule has 0 aliphatic rings. The van der Waals surface area contributed by atoms with E-state index in [0.29, 0.717) is 0 Å². The Balaban J connectivity index is -0.000000227. The molecule has 1 N–H and O–H groups in total. The third-order valence-corrected chi connectivity index (χ3v) is 7.89. The largest absolute Gasteiger partial charge is 0.481 e. The zero-order valence-corrected chi connectivity index (χ0v) is 30.9. The molecule has 0 saturated carbocycles. The lowest BCUT2D eigenvalue weighted by Crippen LogP contribution is -1.92. The minimum atomic E-state index is -0.881. The van der Waals surface area contributed by atoms with Gasteiger partial charge in [-0.15, -0.1) is 0 Å². The molecule has 0 aromatic rings. The molecular weight excluding hydrogens is 569 g/mol. The van der Waals surface area contributed by atoms with E-state index in [4.69, 9.17) is 5.11 Å². The van der Waals surface area contributed by atoms with Gasteiger partial charge in [0.2, 0.25) is 0 Å². The van der Waals surface area contributed by atoms with E-state index in [2.05, 4.69) is 71.3 Å². The summed E-state index contributed by atoms with van der Waals surface area (Å²) in [4.78, 5) is 9.29. The SMILES string of the molecule is CCCCCCCCCCCCS.CCCCCCCCCCCCS.CCCCCCCCS.O=C(O)CS. The first-order chi connectivity index (χ1) is 19.5. The molecule has 0 aromatic heterocycles. The molecule has 246 valence electrons. The Kier molecular flexibility index (Phi) is 62.7. The van der Waals surface area contributed by atoms with Crippen LogP contribution in [0.4, 0.5) is 0 Å². The average Bonchev–Trinajstić information content (AvgIpc) is 2.96. The van der Waals surface area contributed by atoms with Crippen molar-refractivity contribution in [2.75, 3.05) is 23.0 Å². The predicted molar refractivity (Wildman–Crippen MR) is 200 cm³/mol. The third-order valence-electron chi connectivity index (χ3n) is 6.67. The van der Waals surface area contributed by atoms with Crippen molar-refractivity contribution in [3.63, 3.8) is 0 Å². The van der Waals surface area contributed by atoms with E-state index in [1.165, 1.54) is 167 Å². The standard InChI is InChI=1S/2C12H26S.C8H18S.C2H4O2S/c2*1-2-3-4-5-6-7-8-9-10-11-12-13;1-2-3-4-5-6-7-8-9;3-2(4)1-5/h2*13H,2-12H2,1H3;9H,2-8H2,1H3;5H,1H2,(H,3,4). The highest BCUT2D eigenvalue weighted by atomic mass is 32.1. The van der Waals surface area contributed by atoms with Crippen molar-refractivity contribution < 1.29 is 9.90 Å². The summed E-state index contributed by atoms with van der Waals surface area (Å²) in [6.07, 6.45) is 36.6. The summed E-state index contributed by atoms with van der Waals surface area (Å²) >= 11 is 16.0. The van der Waals surface area contributed by atoms with Crippen molar-refractivity contribution in [2.45, 2.75) is 188 Å². The smallest absolute Gasteiger partial charge is 0.313 e. The number of carbonyl (C=O) groups is 1. The second-order valence-electron chi connectivity index (χ2n) is 10.9. The van der Waals surface area contributed by atoms with Crippen molar-refractivity contribution in [2.24, 2.45) is 0 Å². The molecule has 0 spiro atoms. The third kappa shape index (κ3) is 66.9. The monoisotopic (exact) mass is 642 g/mol. The predicted octanol–water partition coefficient (Wildman–Crippen LogP) is 13.0. The van der Waals surface area contributed by atoms with Crippen LogP contribution in [0.5, 0.6) is 0 Å². The van der Waals surface area contributed by atoms with Crippen molar-refractivity contribution in [1.29, 1.82) is 0 Å².